The Morgan fingerprint density at radius 3 is 2.50 bits per heavy atom. The van der Waals surface area contributed by atoms with Crippen LogP contribution >= 0.6 is 11.8 Å². The Morgan fingerprint density at radius 1 is 1.58 bits per heavy atom. The highest BCUT2D eigenvalue weighted by Gasteiger charge is 2.51. The van der Waals surface area contributed by atoms with E-state index in [0.717, 1.165) is 6.92 Å². The summed E-state index contributed by atoms with van der Waals surface area (Å²) >= 11 is 1.58. The van der Waals surface area contributed by atoms with Crippen LogP contribution in [-0.4, -0.2) is 26.4 Å². The molecule has 0 saturated carbocycles. The van der Waals surface area contributed by atoms with Gasteiger partial charge in [0.2, 0.25) is 0 Å². The molecule has 1 saturated heterocycles. The van der Waals surface area contributed by atoms with Crippen LogP contribution in [0.5, 0.6) is 0 Å². The van der Waals surface area contributed by atoms with Gasteiger partial charge in [-0.15, -0.1) is 11.8 Å². The van der Waals surface area contributed by atoms with Gasteiger partial charge >= 0.3 is 0 Å². The number of hydrogen-bond acceptors (Lipinski definition) is 3. The monoisotopic (exact) mass is 186 g/mol. The SMILES string of the molecule is CC(=O)O.OC12C=CC=CC1S2. The van der Waals surface area contributed by atoms with Crippen molar-refractivity contribution in [1.29, 1.82) is 0 Å². The maximum Gasteiger partial charge on any atom is 0.300 e. The van der Waals surface area contributed by atoms with Gasteiger partial charge in [0, 0.05) is 6.92 Å². The summed E-state index contributed by atoms with van der Waals surface area (Å²) in [4.78, 5) is 8.49. The summed E-state index contributed by atoms with van der Waals surface area (Å²) in [6.45, 7) is 1.08. The lowest BCUT2D eigenvalue weighted by Gasteiger charge is -1.98. The largest absolute Gasteiger partial charge is 0.481 e. The predicted octanol–water partition coefficient (Wildman–Crippen LogP) is 1.01. The quantitative estimate of drug-likeness (QED) is 0.554. The maximum absolute atomic E-state index is 9.27. The minimum absolute atomic E-state index is 0.354. The van der Waals surface area contributed by atoms with Crippen molar-refractivity contribution in [2.24, 2.45) is 0 Å². The van der Waals surface area contributed by atoms with E-state index >= 15 is 0 Å². The number of carboxylic acids is 1. The summed E-state index contributed by atoms with van der Waals surface area (Å²) in [7, 11) is 0. The van der Waals surface area contributed by atoms with Crippen LogP contribution in [0.1, 0.15) is 6.92 Å². The van der Waals surface area contributed by atoms with E-state index in [0.29, 0.717) is 5.25 Å². The van der Waals surface area contributed by atoms with E-state index in [1.165, 1.54) is 0 Å². The second-order valence-corrected chi connectivity index (χ2v) is 3.95. The molecular weight excluding hydrogens is 176 g/mol. The van der Waals surface area contributed by atoms with E-state index in [-0.39, 0.29) is 0 Å². The smallest absolute Gasteiger partial charge is 0.300 e. The normalized spacial score (nSPS) is 34.7. The Labute approximate surface area is 74.8 Å². The molecule has 0 aromatic rings. The Bertz CT molecular complexity index is 243. The number of allylic oxidation sites excluding steroid dienone is 2. The van der Waals surface area contributed by atoms with Gasteiger partial charge < -0.3 is 10.2 Å². The van der Waals surface area contributed by atoms with E-state index in [2.05, 4.69) is 0 Å². The van der Waals surface area contributed by atoms with Crippen LogP contribution in [0.3, 0.4) is 0 Å². The number of aliphatic carboxylic acids is 1. The number of rotatable bonds is 0. The van der Waals surface area contributed by atoms with Gasteiger partial charge in [0.05, 0.1) is 5.25 Å². The Hall–Kier alpha value is -0.740. The van der Waals surface area contributed by atoms with Gasteiger partial charge in [-0.3, -0.25) is 4.79 Å². The maximum atomic E-state index is 9.27. The summed E-state index contributed by atoms with van der Waals surface area (Å²) < 4.78 is 0. The highest BCUT2D eigenvalue weighted by molar-refractivity contribution is 8.08. The first kappa shape index (κ1) is 9.35. The standard InChI is InChI=1S/C6H6OS.C2H4O2/c7-6-4-2-1-3-5(6)8-6;1-2(3)4/h1-5,7H;1H3,(H,3,4). The zero-order valence-corrected chi connectivity index (χ0v) is 7.41. The van der Waals surface area contributed by atoms with E-state index in [9.17, 15) is 5.11 Å². The predicted molar refractivity (Wildman–Crippen MR) is 47.9 cm³/mol. The molecular formula is C8H10O3S. The summed E-state index contributed by atoms with van der Waals surface area (Å²) in [5.41, 5.74) is 0. The lowest BCUT2D eigenvalue weighted by Crippen LogP contribution is -2.08. The molecule has 2 unspecified atom stereocenters. The molecule has 1 aliphatic heterocycles. The molecule has 1 aliphatic carbocycles. The molecule has 0 spiro atoms. The summed E-state index contributed by atoms with van der Waals surface area (Å²) in [5, 5.41) is 17.0. The molecule has 2 rings (SSSR count). The van der Waals surface area contributed by atoms with Crippen LogP contribution in [0.25, 0.3) is 0 Å². The van der Waals surface area contributed by atoms with Gasteiger partial charge in [0.15, 0.2) is 0 Å². The van der Waals surface area contributed by atoms with Crippen LogP contribution < -0.4 is 0 Å². The fourth-order valence-electron chi connectivity index (χ4n) is 0.839. The molecule has 12 heavy (non-hydrogen) atoms. The molecule has 0 bridgehead atoms. The zero-order chi connectivity index (χ0) is 9.19. The molecule has 2 aliphatic rings. The Kier molecular flexibility index (Phi) is 2.59. The second kappa shape index (κ2) is 3.33. The van der Waals surface area contributed by atoms with Crippen molar-refractivity contribution in [3.8, 4) is 0 Å². The summed E-state index contributed by atoms with van der Waals surface area (Å²) in [6, 6.07) is 0. The summed E-state index contributed by atoms with van der Waals surface area (Å²) in [5.74, 6) is -0.833. The van der Waals surface area contributed by atoms with Gasteiger partial charge in [0.25, 0.3) is 5.97 Å². The molecule has 1 fully saturated rings. The minimum Gasteiger partial charge on any atom is -0.481 e. The topological polar surface area (TPSA) is 57.5 Å². The molecule has 0 aromatic heterocycles. The van der Waals surface area contributed by atoms with Gasteiger partial charge in [0.1, 0.15) is 4.93 Å². The van der Waals surface area contributed by atoms with Crippen LogP contribution in [-0.2, 0) is 4.79 Å². The average Bonchev–Trinajstić information content (AvgIpc) is 2.58. The van der Waals surface area contributed by atoms with Crippen molar-refractivity contribution >= 4 is 17.7 Å². The Morgan fingerprint density at radius 2 is 2.17 bits per heavy atom. The fraction of sp³-hybridized carbons (Fsp3) is 0.375. The molecule has 0 aromatic carbocycles. The lowest BCUT2D eigenvalue weighted by atomic mass is 10.1. The number of aliphatic hydroxyl groups is 1. The van der Waals surface area contributed by atoms with Gasteiger partial charge in [-0.2, -0.15) is 0 Å². The third-order valence-electron chi connectivity index (χ3n) is 1.40. The van der Waals surface area contributed by atoms with Crippen LogP contribution in [0.4, 0.5) is 0 Å². The third kappa shape index (κ3) is 2.39. The molecule has 3 nitrogen and oxygen atoms in total. The number of hydrogen-bond donors (Lipinski definition) is 2. The third-order valence-corrected chi connectivity index (χ3v) is 2.68. The molecule has 0 radical (unpaired) electrons. The lowest BCUT2D eigenvalue weighted by molar-refractivity contribution is -0.134. The van der Waals surface area contributed by atoms with E-state index in [1.807, 2.05) is 24.3 Å². The van der Waals surface area contributed by atoms with E-state index < -0.39 is 10.9 Å². The number of carbonyl (C=O) groups is 1. The molecule has 1 heterocycles. The van der Waals surface area contributed by atoms with Crippen molar-refractivity contribution in [2.45, 2.75) is 17.1 Å². The van der Waals surface area contributed by atoms with Gasteiger partial charge in [-0.25, -0.2) is 0 Å². The molecule has 4 heteroatoms. The van der Waals surface area contributed by atoms with Gasteiger partial charge in [-0.1, -0.05) is 18.2 Å². The number of fused-ring (bicyclic) bond motifs is 1. The van der Waals surface area contributed by atoms with Crippen LogP contribution in [0.2, 0.25) is 0 Å². The van der Waals surface area contributed by atoms with Crippen molar-refractivity contribution < 1.29 is 15.0 Å². The second-order valence-electron chi connectivity index (χ2n) is 2.55. The van der Waals surface area contributed by atoms with Crippen molar-refractivity contribution in [1.82, 2.24) is 0 Å². The van der Waals surface area contributed by atoms with Crippen molar-refractivity contribution in [2.75, 3.05) is 0 Å². The molecule has 2 atom stereocenters. The van der Waals surface area contributed by atoms with Crippen LogP contribution in [0.15, 0.2) is 24.3 Å². The zero-order valence-electron chi connectivity index (χ0n) is 6.60. The van der Waals surface area contributed by atoms with E-state index in [1.54, 1.807) is 11.8 Å². The number of carboxylic acid groups (broad SMARTS) is 1. The Balaban J connectivity index is 0.000000157. The number of thioether (sulfide) groups is 1. The van der Waals surface area contributed by atoms with Crippen LogP contribution in [0, 0.1) is 0 Å². The molecule has 2 N–H and O–H groups in total. The first-order valence-electron chi connectivity index (χ1n) is 3.50. The van der Waals surface area contributed by atoms with Crippen molar-refractivity contribution in [3.63, 3.8) is 0 Å². The van der Waals surface area contributed by atoms with E-state index in [4.69, 9.17) is 9.90 Å². The highest BCUT2D eigenvalue weighted by Crippen LogP contribution is 2.54. The first-order chi connectivity index (χ1) is 5.54. The summed E-state index contributed by atoms with van der Waals surface area (Å²) in [6.07, 6.45) is 7.71. The highest BCUT2D eigenvalue weighted by atomic mass is 32.2. The molecule has 0 amide bonds. The minimum atomic E-state index is -0.833. The first-order valence-corrected chi connectivity index (χ1v) is 4.38. The van der Waals surface area contributed by atoms with Gasteiger partial charge in [-0.05, 0) is 6.08 Å². The molecule has 66 valence electrons. The van der Waals surface area contributed by atoms with Crippen molar-refractivity contribution in [3.05, 3.63) is 24.3 Å². The average molecular weight is 186 g/mol. The fourth-order valence-corrected chi connectivity index (χ4v) is 1.66.